The van der Waals surface area contributed by atoms with Crippen LogP contribution in [0.5, 0.6) is 0 Å². The van der Waals surface area contributed by atoms with E-state index in [1.54, 1.807) is 0 Å². The Bertz CT molecular complexity index is 323. The Balaban J connectivity index is 2.01. The van der Waals surface area contributed by atoms with Crippen LogP contribution in [0, 0.1) is 10.8 Å². The van der Waals surface area contributed by atoms with Crippen molar-refractivity contribution in [1.82, 2.24) is 5.32 Å². The molecule has 0 aromatic carbocycles. The Morgan fingerprint density at radius 3 is 2.27 bits per heavy atom. The molecule has 0 saturated heterocycles. The van der Waals surface area contributed by atoms with Crippen molar-refractivity contribution in [2.75, 3.05) is 0 Å². The minimum absolute atomic E-state index is 0.429. The maximum absolute atomic E-state index is 3.75. The van der Waals surface area contributed by atoms with Crippen molar-refractivity contribution in [3.63, 3.8) is 0 Å². The molecule has 1 saturated carbocycles. The summed E-state index contributed by atoms with van der Waals surface area (Å²) in [5.41, 5.74) is 0.858. The Hall–Kier alpha value is -0.340. The summed E-state index contributed by atoms with van der Waals surface area (Å²) in [6.07, 6.45) is 0. The van der Waals surface area contributed by atoms with Crippen molar-refractivity contribution in [1.29, 1.82) is 0 Å². The van der Waals surface area contributed by atoms with Crippen LogP contribution >= 0.6 is 11.3 Å². The SMILES string of the molecule is CC(NC1C(C)(C)C1(C)C)c1cccs1. The molecular weight excluding hydrogens is 202 g/mol. The minimum Gasteiger partial charge on any atom is -0.306 e. The van der Waals surface area contributed by atoms with Crippen molar-refractivity contribution in [2.24, 2.45) is 10.8 Å². The van der Waals surface area contributed by atoms with Gasteiger partial charge in [0, 0.05) is 17.0 Å². The summed E-state index contributed by atoms with van der Waals surface area (Å²) in [5, 5.41) is 5.90. The number of nitrogens with one attached hydrogen (secondary N) is 1. The highest BCUT2D eigenvalue weighted by Crippen LogP contribution is 2.63. The second kappa shape index (κ2) is 3.33. The standard InChI is InChI=1S/C13H21NS/c1-9(10-7-6-8-15-10)14-11-12(2,3)13(11,4)5/h6-9,11,14H,1-5H3. The molecule has 1 aromatic heterocycles. The van der Waals surface area contributed by atoms with E-state index in [2.05, 4.69) is 57.4 Å². The maximum atomic E-state index is 3.75. The first kappa shape index (κ1) is 11.2. The Labute approximate surface area is 96.9 Å². The zero-order valence-electron chi connectivity index (χ0n) is 10.3. The summed E-state index contributed by atoms with van der Waals surface area (Å²) >= 11 is 1.84. The van der Waals surface area contributed by atoms with E-state index in [1.165, 1.54) is 4.88 Å². The van der Waals surface area contributed by atoms with E-state index in [1.807, 2.05) is 11.3 Å². The van der Waals surface area contributed by atoms with Crippen LogP contribution < -0.4 is 5.32 Å². The molecule has 2 rings (SSSR count). The van der Waals surface area contributed by atoms with Crippen LogP contribution in [0.2, 0.25) is 0 Å². The van der Waals surface area contributed by atoms with Crippen LogP contribution in [-0.2, 0) is 0 Å². The fraction of sp³-hybridized carbons (Fsp3) is 0.692. The minimum atomic E-state index is 0.429. The van der Waals surface area contributed by atoms with Crippen LogP contribution in [0.25, 0.3) is 0 Å². The van der Waals surface area contributed by atoms with Gasteiger partial charge in [-0.25, -0.2) is 0 Å². The third kappa shape index (κ3) is 1.64. The molecule has 0 aliphatic heterocycles. The summed E-state index contributed by atoms with van der Waals surface area (Å²) in [6, 6.07) is 5.46. The van der Waals surface area contributed by atoms with E-state index in [0.29, 0.717) is 22.9 Å². The highest BCUT2D eigenvalue weighted by molar-refractivity contribution is 7.10. The van der Waals surface area contributed by atoms with Gasteiger partial charge in [-0.15, -0.1) is 11.3 Å². The Kier molecular flexibility index (Phi) is 2.47. The largest absolute Gasteiger partial charge is 0.306 e. The molecule has 1 aromatic rings. The summed E-state index contributed by atoms with van der Waals surface area (Å²) < 4.78 is 0. The molecule has 0 radical (unpaired) electrons. The smallest absolute Gasteiger partial charge is 0.0388 e. The lowest BCUT2D eigenvalue weighted by atomic mass is 10.0. The number of thiophene rings is 1. The van der Waals surface area contributed by atoms with E-state index < -0.39 is 0 Å². The van der Waals surface area contributed by atoms with Crippen LogP contribution in [-0.4, -0.2) is 6.04 Å². The molecule has 15 heavy (non-hydrogen) atoms. The van der Waals surface area contributed by atoms with Gasteiger partial charge >= 0.3 is 0 Å². The molecule has 0 amide bonds. The molecular formula is C13H21NS. The molecule has 0 bridgehead atoms. The average molecular weight is 223 g/mol. The summed E-state index contributed by atoms with van der Waals surface area (Å²) in [5.74, 6) is 0. The molecule has 1 atom stereocenters. The topological polar surface area (TPSA) is 12.0 Å². The normalized spacial score (nSPS) is 25.1. The van der Waals surface area contributed by atoms with Crippen molar-refractivity contribution < 1.29 is 0 Å². The quantitative estimate of drug-likeness (QED) is 0.821. The lowest BCUT2D eigenvalue weighted by molar-refractivity contribution is 0.457. The third-order valence-corrected chi connectivity index (χ3v) is 5.46. The average Bonchev–Trinajstić information content (AvgIpc) is 2.65. The van der Waals surface area contributed by atoms with Gasteiger partial charge in [0.05, 0.1) is 0 Å². The summed E-state index contributed by atoms with van der Waals surface area (Å²) in [7, 11) is 0. The molecule has 1 N–H and O–H groups in total. The van der Waals surface area contributed by atoms with Gasteiger partial charge < -0.3 is 5.32 Å². The van der Waals surface area contributed by atoms with Crippen LogP contribution in [0.4, 0.5) is 0 Å². The predicted octanol–water partition coefficient (Wildman–Crippen LogP) is 3.83. The highest BCUT2D eigenvalue weighted by atomic mass is 32.1. The molecule has 1 unspecified atom stereocenters. The number of hydrogen-bond donors (Lipinski definition) is 1. The predicted molar refractivity (Wildman–Crippen MR) is 67.2 cm³/mol. The molecule has 1 aliphatic carbocycles. The fourth-order valence-electron chi connectivity index (χ4n) is 2.48. The summed E-state index contributed by atoms with van der Waals surface area (Å²) in [6.45, 7) is 11.7. The molecule has 84 valence electrons. The number of hydrogen-bond acceptors (Lipinski definition) is 2. The van der Waals surface area contributed by atoms with Crippen molar-refractivity contribution >= 4 is 11.3 Å². The molecule has 1 aliphatic rings. The lowest BCUT2D eigenvalue weighted by Gasteiger charge is -2.13. The summed E-state index contributed by atoms with van der Waals surface area (Å²) in [4.78, 5) is 1.44. The zero-order valence-corrected chi connectivity index (χ0v) is 11.1. The van der Waals surface area contributed by atoms with Gasteiger partial charge in [-0.05, 0) is 29.2 Å². The van der Waals surface area contributed by atoms with E-state index in [0.717, 1.165) is 0 Å². The molecule has 1 fully saturated rings. The van der Waals surface area contributed by atoms with E-state index in [4.69, 9.17) is 0 Å². The van der Waals surface area contributed by atoms with Crippen molar-refractivity contribution in [2.45, 2.75) is 46.7 Å². The van der Waals surface area contributed by atoms with Gasteiger partial charge in [0.25, 0.3) is 0 Å². The first-order valence-corrected chi connectivity index (χ1v) is 6.55. The highest BCUT2D eigenvalue weighted by Gasteiger charge is 2.64. The fourth-order valence-corrected chi connectivity index (χ4v) is 3.23. The Morgan fingerprint density at radius 1 is 1.27 bits per heavy atom. The van der Waals surface area contributed by atoms with Gasteiger partial charge in [0.2, 0.25) is 0 Å². The van der Waals surface area contributed by atoms with E-state index >= 15 is 0 Å². The number of rotatable bonds is 3. The Morgan fingerprint density at radius 2 is 1.87 bits per heavy atom. The van der Waals surface area contributed by atoms with Gasteiger partial charge in [-0.1, -0.05) is 33.8 Å². The first-order valence-electron chi connectivity index (χ1n) is 5.67. The zero-order chi connectivity index (χ0) is 11.3. The van der Waals surface area contributed by atoms with E-state index in [-0.39, 0.29) is 0 Å². The maximum Gasteiger partial charge on any atom is 0.0388 e. The van der Waals surface area contributed by atoms with Crippen LogP contribution in [0.15, 0.2) is 17.5 Å². The van der Waals surface area contributed by atoms with Gasteiger partial charge in [-0.2, -0.15) is 0 Å². The van der Waals surface area contributed by atoms with Crippen LogP contribution in [0.1, 0.15) is 45.5 Å². The van der Waals surface area contributed by atoms with E-state index in [9.17, 15) is 0 Å². The monoisotopic (exact) mass is 223 g/mol. The third-order valence-electron chi connectivity index (χ3n) is 4.41. The molecule has 0 spiro atoms. The molecule has 1 nitrogen and oxygen atoms in total. The van der Waals surface area contributed by atoms with Crippen LogP contribution in [0.3, 0.4) is 0 Å². The van der Waals surface area contributed by atoms with Gasteiger partial charge in [0.1, 0.15) is 0 Å². The van der Waals surface area contributed by atoms with Crippen molar-refractivity contribution in [3.8, 4) is 0 Å². The first-order chi connectivity index (χ1) is 6.87. The lowest BCUT2D eigenvalue weighted by Crippen LogP contribution is -2.25. The molecule has 2 heteroatoms. The molecule has 1 heterocycles. The second-order valence-electron chi connectivity index (χ2n) is 5.78. The van der Waals surface area contributed by atoms with Gasteiger partial charge in [0.15, 0.2) is 0 Å². The second-order valence-corrected chi connectivity index (χ2v) is 6.76. The van der Waals surface area contributed by atoms with Gasteiger partial charge in [-0.3, -0.25) is 0 Å². The van der Waals surface area contributed by atoms with Crippen molar-refractivity contribution in [3.05, 3.63) is 22.4 Å².